The summed E-state index contributed by atoms with van der Waals surface area (Å²) in [6, 6.07) is 9.42. The third kappa shape index (κ3) is 2.54. The number of carbonyl (C=O) groups is 1. The van der Waals surface area contributed by atoms with Crippen LogP contribution in [0, 0.1) is 0 Å². The maximum atomic E-state index is 10.8. The fourth-order valence-electron chi connectivity index (χ4n) is 1.61. The van der Waals surface area contributed by atoms with E-state index in [0.717, 1.165) is 10.9 Å². The maximum Gasteiger partial charge on any atom is 0.236 e. The van der Waals surface area contributed by atoms with E-state index in [1.54, 1.807) is 0 Å². The number of anilines is 1. The van der Waals surface area contributed by atoms with Gasteiger partial charge < -0.3 is 16.8 Å². The molecular formula is C12H12N4OS. The van der Waals surface area contributed by atoms with Crippen molar-refractivity contribution in [3.63, 3.8) is 0 Å². The number of nitrogens with one attached hydrogen (secondary N) is 1. The zero-order chi connectivity index (χ0) is 13.1. The van der Waals surface area contributed by atoms with Crippen molar-refractivity contribution in [2.24, 2.45) is 11.5 Å². The number of nitrogens with zero attached hydrogens (tertiary/aromatic N) is 1. The van der Waals surface area contributed by atoms with Crippen LogP contribution in [0.5, 0.6) is 0 Å². The smallest absolute Gasteiger partial charge is 0.236 e. The predicted octanol–water partition coefficient (Wildman–Crippen LogP) is 0.766. The van der Waals surface area contributed by atoms with Crippen LogP contribution in [0.15, 0.2) is 30.3 Å². The van der Waals surface area contributed by atoms with Crippen LogP contribution in [-0.2, 0) is 4.79 Å². The van der Waals surface area contributed by atoms with E-state index in [4.69, 9.17) is 23.7 Å². The summed E-state index contributed by atoms with van der Waals surface area (Å²) in [5.41, 5.74) is 12.1. The van der Waals surface area contributed by atoms with E-state index < -0.39 is 5.91 Å². The van der Waals surface area contributed by atoms with E-state index in [9.17, 15) is 4.79 Å². The molecule has 0 spiro atoms. The molecule has 6 heteroatoms. The van der Waals surface area contributed by atoms with Crippen molar-refractivity contribution in [1.29, 1.82) is 0 Å². The third-order valence-corrected chi connectivity index (χ3v) is 2.64. The van der Waals surface area contributed by atoms with Crippen molar-refractivity contribution in [3.05, 3.63) is 35.9 Å². The molecule has 0 saturated heterocycles. The van der Waals surface area contributed by atoms with E-state index in [2.05, 4.69) is 10.3 Å². The largest absolute Gasteiger partial charge is 0.389 e. The number of para-hydroxylation sites is 1. The number of rotatable bonds is 4. The van der Waals surface area contributed by atoms with Crippen molar-refractivity contribution in [2.75, 3.05) is 11.9 Å². The minimum atomic E-state index is -0.473. The van der Waals surface area contributed by atoms with Gasteiger partial charge in [0.25, 0.3) is 0 Å². The number of hydrogen-bond donors (Lipinski definition) is 3. The maximum absolute atomic E-state index is 10.8. The van der Waals surface area contributed by atoms with Gasteiger partial charge in [-0.2, -0.15) is 0 Å². The molecule has 0 atom stereocenters. The number of amides is 1. The summed E-state index contributed by atoms with van der Waals surface area (Å²) in [6.07, 6.45) is 0. The normalized spacial score (nSPS) is 10.2. The second kappa shape index (κ2) is 4.97. The van der Waals surface area contributed by atoms with Crippen LogP contribution >= 0.6 is 12.2 Å². The van der Waals surface area contributed by atoms with Gasteiger partial charge in [0, 0.05) is 5.39 Å². The molecule has 0 radical (unpaired) electrons. The highest BCUT2D eigenvalue weighted by molar-refractivity contribution is 7.80. The molecule has 0 fully saturated rings. The van der Waals surface area contributed by atoms with Crippen LogP contribution in [0.1, 0.15) is 5.56 Å². The molecular weight excluding hydrogens is 248 g/mol. The second-order valence-electron chi connectivity index (χ2n) is 3.76. The Hall–Kier alpha value is -2.21. The monoisotopic (exact) mass is 260 g/mol. The number of fused-ring (bicyclic) bond motifs is 1. The number of pyridine rings is 1. The lowest BCUT2D eigenvalue weighted by Gasteiger charge is -2.10. The van der Waals surface area contributed by atoms with Crippen LogP contribution in [-0.4, -0.2) is 22.4 Å². The molecule has 18 heavy (non-hydrogen) atoms. The van der Waals surface area contributed by atoms with E-state index >= 15 is 0 Å². The van der Waals surface area contributed by atoms with Gasteiger partial charge in [-0.1, -0.05) is 30.4 Å². The average molecular weight is 260 g/mol. The minimum absolute atomic E-state index is 0.0129. The highest BCUT2D eigenvalue weighted by Gasteiger charge is 2.09. The Kier molecular flexibility index (Phi) is 3.38. The number of hydrogen-bond acceptors (Lipinski definition) is 4. The van der Waals surface area contributed by atoms with Crippen molar-refractivity contribution in [2.45, 2.75) is 0 Å². The molecule has 5 nitrogen and oxygen atoms in total. The molecule has 0 aliphatic heterocycles. The number of nitrogens with two attached hydrogens (primary N) is 2. The lowest BCUT2D eigenvalue weighted by Crippen LogP contribution is -2.24. The van der Waals surface area contributed by atoms with Gasteiger partial charge in [0.05, 0.1) is 17.6 Å². The van der Waals surface area contributed by atoms with Crippen molar-refractivity contribution >= 4 is 39.8 Å². The lowest BCUT2D eigenvalue weighted by molar-refractivity contribution is -0.116. The van der Waals surface area contributed by atoms with E-state index in [0.29, 0.717) is 11.4 Å². The second-order valence-corrected chi connectivity index (χ2v) is 4.20. The Balaban J connectivity index is 2.50. The van der Waals surface area contributed by atoms with Crippen LogP contribution in [0.25, 0.3) is 10.9 Å². The van der Waals surface area contributed by atoms with Gasteiger partial charge in [0.15, 0.2) is 0 Å². The average Bonchev–Trinajstić information content (AvgIpc) is 2.35. The lowest BCUT2D eigenvalue weighted by atomic mass is 10.1. The predicted molar refractivity (Wildman–Crippen MR) is 75.3 cm³/mol. The summed E-state index contributed by atoms with van der Waals surface area (Å²) < 4.78 is 0. The highest BCUT2D eigenvalue weighted by atomic mass is 32.1. The molecule has 0 aliphatic rings. The van der Waals surface area contributed by atoms with Crippen LogP contribution in [0.3, 0.4) is 0 Å². The topological polar surface area (TPSA) is 94.0 Å². The van der Waals surface area contributed by atoms with Gasteiger partial charge >= 0.3 is 0 Å². The van der Waals surface area contributed by atoms with E-state index in [1.165, 1.54) is 0 Å². The van der Waals surface area contributed by atoms with Gasteiger partial charge in [-0.15, -0.1) is 0 Å². The minimum Gasteiger partial charge on any atom is -0.389 e. The van der Waals surface area contributed by atoms with Gasteiger partial charge in [0.1, 0.15) is 10.8 Å². The Morgan fingerprint density at radius 1 is 1.33 bits per heavy atom. The van der Waals surface area contributed by atoms with Crippen molar-refractivity contribution in [1.82, 2.24) is 4.98 Å². The van der Waals surface area contributed by atoms with E-state index in [-0.39, 0.29) is 11.5 Å². The summed E-state index contributed by atoms with van der Waals surface area (Å²) in [6.45, 7) is -0.0129. The summed E-state index contributed by atoms with van der Waals surface area (Å²) >= 11 is 4.97. The molecule has 1 aromatic carbocycles. The van der Waals surface area contributed by atoms with Gasteiger partial charge in [-0.25, -0.2) is 4.98 Å². The fourth-order valence-corrected chi connectivity index (χ4v) is 1.76. The number of primary amides is 1. The number of carbonyl (C=O) groups excluding carboxylic acids is 1. The Morgan fingerprint density at radius 3 is 2.72 bits per heavy atom. The van der Waals surface area contributed by atoms with Gasteiger partial charge in [-0.05, 0) is 12.1 Å². The molecule has 1 amide bonds. The molecule has 2 rings (SSSR count). The fraction of sp³-hybridized carbons (Fsp3) is 0.0833. The first-order valence-corrected chi connectivity index (χ1v) is 5.70. The number of benzene rings is 1. The van der Waals surface area contributed by atoms with Gasteiger partial charge in [-0.3, -0.25) is 4.79 Å². The molecule has 0 aliphatic carbocycles. The molecule has 5 N–H and O–H groups in total. The summed E-state index contributed by atoms with van der Waals surface area (Å²) in [5, 5.41) is 3.77. The molecule has 2 aromatic rings. The SMILES string of the molecule is NC(=O)CNc1nc2ccccc2cc1C(N)=S. The zero-order valence-corrected chi connectivity index (χ0v) is 10.3. The summed E-state index contributed by atoms with van der Waals surface area (Å²) in [5.74, 6) is -0.00107. The Bertz CT molecular complexity index is 627. The first-order valence-electron chi connectivity index (χ1n) is 5.29. The zero-order valence-electron chi connectivity index (χ0n) is 9.51. The Labute approximate surface area is 109 Å². The molecule has 1 aromatic heterocycles. The molecule has 0 unspecified atom stereocenters. The quantitative estimate of drug-likeness (QED) is 0.706. The number of aromatic nitrogens is 1. The molecule has 1 heterocycles. The highest BCUT2D eigenvalue weighted by Crippen LogP contribution is 2.20. The summed E-state index contributed by atoms with van der Waals surface area (Å²) in [4.78, 5) is 15.4. The van der Waals surface area contributed by atoms with Gasteiger partial charge in [0.2, 0.25) is 5.91 Å². The third-order valence-electron chi connectivity index (χ3n) is 2.42. The molecule has 0 saturated carbocycles. The van der Waals surface area contributed by atoms with Crippen LogP contribution in [0.4, 0.5) is 5.82 Å². The molecule has 92 valence electrons. The van der Waals surface area contributed by atoms with Crippen molar-refractivity contribution in [3.8, 4) is 0 Å². The number of thiocarbonyl (C=S) groups is 1. The van der Waals surface area contributed by atoms with Crippen LogP contribution < -0.4 is 16.8 Å². The first-order chi connectivity index (χ1) is 8.58. The Morgan fingerprint density at radius 2 is 2.06 bits per heavy atom. The van der Waals surface area contributed by atoms with E-state index in [1.807, 2.05) is 30.3 Å². The van der Waals surface area contributed by atoms with Crippen molar-refractivity contribution < 1.29 is 4.79 Å². The van der Waals surface area contributed by atoms with Crippen LogP contribution in [0.2, 0.25) is 0 Å². The standard InChI is InChI=1S/C12H12N4OS/c13-10(17)6-15-12-8(11(14)18)5-7-3-1-2-4-9(7)16-12/h1-5H,6H2,(H2,13,17)(H2,14,18)(H,15,16). The molecule has 0 bridgehead atoms. The first kappa shape index (κ1) is 12.3. The summed E-state index contributed by atoms with van der Waals surface area (Å²) in [7, 11) is 0.